The quantitative estimate of drug-likeness (QED) is 0.367. The zero-order valence-electron chi connectivity index (χ0n) is 18.4. The Hall–Kier alpha value is -2.42. The van der Waals surface area contributed by atoms with Crippen LogP contribution in [0.25, 0.3) is 0 Å². The number of methoxy groups -OCH3 is 1. The first kappa shape index (κ1) is 23.2. The summed E-state index contributed by atoms with van der Waals surface area (Å²) in [4.78, 5) is 22.6. The highest BCUT2D eigenvalue weighted by Crippen LogP contribution is 2.47. The molecule has 0 bridgehead atoms. The van der Waals surface area contributed by atoms with E-state index in [4.69, 9.17) is 23.7 Å². The fraction of sp³-hybridized carbons (Fsp3) is 0.565. The van der Waals surface area contributed by atoms with E-state index < -0.39 is 23.6 Å². The molecule has 0 radical (unpaired) electrons. The smallest absolute Gasteiger partial charge is 0.333 e. The first-order chi connectivity index (χ1) is 14.8. The van der Waals surface area contributed by atoms with Gasteiger partial charge in [-0.3, -0.25) is 4.79 Å². The number of carbonyl (C=O) groups excluding carboxylic acids is 2. The van der Waals surface area contributed by atoms with E-state index in [2.05, 4.69) is 4.74 Å². The standard InChI is InChI=1S/C23H30O8/c1-16(24)27-12-10-18-14-19-22(2,31-23(18,3)29-13-11-20(25)26-4)15-28-21(30-19)17-8-6-5-7-9-17/h5-9,11,13,18-19,21H,10,12,14-15H2,1-4H3/b13-11+/t18-,19+,21-,22-,23-/m1/s1. The van der Waals surface area contributed by atoms with Gasteiger partial charge in [0.1, 0.15) is 5.60 Å². The Morgan fingerprint density at radius 3 is 2.65 bits per heavy atom. The molecule has 5 atom stereocenters. The second kappa shape index (κ2) is 9.80. The van der Waals surface area contributed by atoms with E-state index in [-0.39, 0.29) is 24.6 Å². The molecule has 8 nitrogen and oxygen atoms in total. The molecule has 170 valence electrons. The molecule has 0 aliphatic carbocycles. The molecule has 0 saturated carbocycles. The summed E-state index contributed by atoms with van der Waals surface area (Å²) in [5, 5.41) is 0. The Morgan fingerprint density at radius 1 is 1.23 bits per heavy atom. The lowest BCUT2D eigenvalue weighted by Gasteiger charge is -2.54. The lowest BCUT2D eigenvalue weighted by Crippen LogP contribution is -2.63. The van der Waals surface area contributed by atoms with Crippen LogP contribution in [0.5, 0.6) is 0 Å². The van der Waals surface area contributed by atoms with E-state index in [1.54, 1.807) is 6.92 Å². The zero-order chi connectivity index (χ0) is 22.5. The monoisotopic (exact) mass is 434 g/mol. The Kier molecular flexibility index (Phi) is 7.35. The maximum Gasteiger partial charge on any atom is 0.333 e. The Bertz CT molecular complexity index is 794. The predicted octanol–water partition coefficient (Wildman–Crippen LogP) is 3.27. The maximum absolute atomic E-state index is 11.4. The predicted molar refractivity (Wildman–Crippen MR) is 110 cm³/mol. The van der Waals surface area contributed by atoms with Crippen LogP contribution in [0.3, 0.4) is 0 Å². The molecule has 1 aromatic rings. The lowest BCUT2D eigenvalue weighted by atomic mass is 9.80. The van der Waals surface area contributed by atoms with Gasteiger partial charge in [-0.1, -0.05) is 30.3 Å². The van der Waals surface area contributed by atoms with Crippen LogP contribution in [0, 0.1) is 5.92 Å². The molecule has 2 aliphatic rings. The molecular weight excluding hydrogens is 404 g/mol. The van der Waals surface area contributed by atoms with Gasteiger partial charge in [0.25, 0.3) is 0 Å². The highest BCUT2D eigenvalue weighted by molar-refractivity contribution is 5.81. The molecule has 0 unspecified atom stereocenters. The van der Waals surface area contributed by atoms with Crippen molar-refractivity contribution in [3.05, 3.63) is 48.2 Å². The van der Waals surface area contributed by atoms with Crippen molar-refractivity contribution in [1.29, 1.82) is 0 Å². The van der Waals surface area contributed by atoms with Crippen LogP contribution in [0.15, 0.2) is 42.7 Å². The van der Waals surface area contributed by atoms with Gasteiger partial charge in [0, 0.05) is 25.3 Å². The molecule has 0 spiro atoms. The van der Waals surface area contributed by atoms with Crippen molar-refractivity contribution in [2.45, 2.75) is 57.4 Å². The van der Waals surface area contributed by atoms with Gasteiger partial charge in [-0.15, -0.1) is 0 Å². The maximum atomic E-state index is 11.4. The van der Waals surface area contributed by atoms with E-state index in [1.165, 1.54) is 26.4 Å². The Balaban J connectivity index is 1.77. The van der Waals surface area contributed by atoms with Gasteiger partial charge < -0.3 is 28.4 Å². The summed E-state index contributed by atoms with van der Waals surface area (Å²) in [6, 6.07) is 9.73. The number of hydrogen-bond donors (Lipinski definition) is 0. The van der Waals surface area contributed by atoms with Crippen LogP contribution < -0.4 is 0 Å². The highest BCUT2D eigenvalue weighted by atomic mass is 16.8. The molecule has 31 heavy (non-hydrogen) atoms. The number of benzene rings is 1. The number of hydrogen-bond acceptors (Lipinski definition) is 8. The zero-order valence-corrected chi connectivity index (χ0v) is 18.4. The fourth-order valence-corrected chi connectivity index (χ4v) is 4.01. The normalized spacial score (nSPS) is 32.8. The van der Waals surface area contributed by atoms with Crippen molar-refractivity contribution in [3.63, 3.8) is 0 Å². The molecule has 2 aliphatic heterocycles. The molecule has 8 heteroatoms. The first-order valence-electron chi connectivity index (χ1n) is 10.3. The summed E-state index contributed by atoms with van der Waals surface area (Å²) in [5.74, 6) is -2.12. The van der Waals surface area contributed by atoms with E-state index in [1.807, 2.05) is 37.3 Å². The number of rotatable bonds is 7. The second-order valence-corrected chi connectivity index (χ2v) is 8.11. The minimum absolute atomic E-state index is 0.165. The fourth-order valence-electron chi connectivity index (χ4n) is 4.01. The largest absolute Gasteiger partial charge is 0.470 e. The molecule has 3 rings (SSSR count). The minimum atomic E-state index is -1.08. The van der Waals surface area contributed by atoms with Gasteiger partial charge in [0.2, 0.25) is 5.79 Å². The molecule has 0 aromatic heterocycles. The topological polar surface area (TPSA) is 89.5 Å². The third kappa shape index (κ3) is 5.64. The SMILES string of the molecule is COC(=O)/C=C/O[C@]1(C)O[C@]2(C)CO[C@@H](c3ccccc3)O[C@H]2C[C@H]1CCOC(C)=O. The first-order valence-corrected chi connectivity index (χ1v) is 10.3. The van der Waals surface area contributed by atoms with Crippen molar-refractivity contribution in [2.24, 2.45) is 5.92 Å². The van der Waals surface area contributed by atoms with E-state index >= 15 is 0 Å². The van der Waals surface area contributed by atoms with Crippen LogP contribution in [0.4, 0.5) is 0 Å². The molecule has 1 aromatic carbocycles. The van der Waals surface area contributed by atoms with Crippen LogP contribution in [0.1, 0.15) is 45.5 Å². The second-order valence-electron chi connectivity index (χ2n) is 8.11. The van der Waals surface area contributed by atoms with Crippen LogP contribution in [-0.2, 0) is 38.0 Å². The number of carbonyl (C=O) groups is 2. The summed E-state index contributed by atoms with van der Waals surface area (Å²) in [6.45, 7) is 5.64. The van der Waals surface area contributed by atoms with Gasteiger partial charge in [0.15, 0.2) is 6.29 Å². The molecule has 0 amide bonds. The minimum Gasteiger partial charge on any atom is -0.470 e. The number of ether oxygens (including phenoxy) is 6. The lowest BCUT2D eigenvalue weighted by molar-refractivity contribution is -0.391. The third-order valence-electron chi connectivity index (χ3n) is 5.72. The summed E-state index contributed by atoms with van der Waals surface area (Å²) in [5.41, 5.74) is 0.184. The van der Waals surface area contributed by atoms with Crippen molar-refractivity contribution < 1.29 is 38.0 Å². The van der Waals surface area contributed by atoms with Crippen molar-refractivity contribution in [1.82, 2.24) is 0 Å². The highest BCUT2D eigenvalue weighted by Gasteiger charge is 2.56. The van der Waals surface area contributed by atoms with Crippen molar-refractivity contribution in [3.8, 4) is 0 Å². The van der Waals surface area contributed by atoms with E-state index in [0.717, 1.165) is 5.56 Å². The summed E-state index contributed by atoms with van der Waals surface area (Å²) in [6.07, 6.45) is 2.83. The van der Waals surface area contributed by atoms with Crippen LogP contribution in [0.2, 0.25) is 0 Å². The van der Waals surface area contributed by atoms with Gasteiger partial charge in [-0.05, 0) is 19.8 Å². The van der Waals surface area contributed by atoms with Gasteiger partial charge in [0.05, 0.1) is 38.8 Å². The van der Waals surface area contributed by atoms with Crippen molar-refractivity contribution in [2.75, 3.05) is 20.3 Å². The molecule has 2 fully saturated rings. The molecule has 2 heterocycles. The Labute approximate surface area is 182 Å². The average Bonchev–Trinajstić information content (AvgIpc) is 2.74. The van der Waals surface area contributed by atoms with Gasteiger partial charge >= 0.3 is 11.9 Å². The molecule has 2 saturated heterocycles. The summed E-state index contributed by atoms with van der Waals surface area (Å²) < 4.78 is 34.3. The third-order valence-corrected chi connectivity index (χ3v) is 5.72. The number of fused-ring (bicyclic) bond motifs is 1. The van der Waals surface area contributed by atoms with Gasteiger partial charge in [-0.25, -0.2) is 4.79 Å². The molecule has 0 N–H and O–H groups in total. The summed E-state index contributed by atoms with van der Waals surface area (Å²) in [7, 11) is 1.29. The van der Waals surface area contributed by atoms with E-state index in [0.29, 0.717) is 19.4 Å². The molecular formula is C23H30O8. The number of esters is 2. The van der Waals surface area contributed by atoms with Crippen LogP contribution in [-0.4, -0.2) is 49.8 Å². The Morgan fingerprint density at radius 2 is 1.97 bits per heavy atom. The summed E-state index contributed by atoms with van der Waals surface area (Å²) >= 11 is 0. The van der Waals surface area contributed by atoms with Crippen LogP contribution >= 0.6 is 0 Å². The van der Waals surface area contributed by atoms with E-state index in [9.17, 15) is 9.59 Å². The van der Waals surface area contributed by atoms with Gasteiger partial charge in [-0.2, -0.15) is 0 Å². The average molecular weight is 434 g/mol. The van der Waals surface area contributed by atoms with Crippen molar-refractivity contribution >= 4 is 11.9 Å².